The number of rotatable bonds is 6. The molecule has 0 saturated heterocycles. The SMILES string of the molecule is CCCNC(C=C(C)C)c1snnc1CC. The first-order chi connectivity index (χ1) is 7.69. The minimum Gasteiger partial charge on any atom is -0.306 e. The second-order valence-corrected chi connectivity index (χ2v) is 4.90. The molecule has 1 atom stereocenters. The zero-order valence-electron chi connectivity index (χ0n) is 10.6. The Morgan fingerprint density at radius 3 is 2.75 bits per heavy atom. The third kappa shape index (κ3) is 3.68. The molecule has 0 saturated carbocycles. The molecule has 0 aliphatic carbocycles. The number of hydrogen-bond donors (Lipinski definition) is 1. The quantitative estimate of drug-likeness (QED) is 0.775. The van der Waals surface area contributed by atoms with Crippen molar-refractivity contribution in [2.24, 2.45) is 0 Å². The maximum atomic E-state index is 4.17. The highest BCUT2D eigenvalue weighted by molar-refractivity contribution is 7.05. The third-order valence-electron chi connectivity index (χ3n) is 2.32. The molecule has 0 aromatic carbocycles. The summed E-state index contributed by atoms with van der Waals surface area (Å²) in [5.74, 6) is 0. The summed E-state index contributed by atoms with van der Waals surface area (Å²) in [7, 11) is 0. The number of aromatic nitrogens is 2. The van der Waals surface area contributed by atoms with E-state index in [4.69, 9.17) is 0 Å². The van der Waals surface area contributed by atoms with Crippen molar-refractivity contribution in [2.75, 3.05) is 6.54 Å². The van der Waals surface area contributed by atoms with Gasteiger partial charge < -0.3 is 5.32 Å². The molecule has 16 heavy (non-hydrogen) atoms. The second kappa shape index (κ2) is 6.76. The van der Waals surface area contributed by atoms with E-state index in [0.717, 1.165) is 25.1 Å². The van der Waals surface area contributed by atoms with Gasteiger partial charge >= 0.3 is 0 Å². The third-order valence-corrected chi connectivity index (χ3v) is 3.17. The second-order valence-electron chi connectivity index (χ2n) is 4.11. The highest BCUT2D eigenvalue weighted by Crippen LogP contribution is 2.23. The van der Waals surface area contributed by atoms with E-state index in [9.17, 15) is 0 Å². The standard InChI is InChI=1S/C12H21N3S/c1-5-7-13-11(8-9(3)4)12-10(6-2)14-15-16-12/h8,11,13H,5-7H2,1-4H3. The van der Waals surface area contributed by atoms with Gasteiger partial charge in [-0.05, 0) is 44.8 Å². The van der Waals surface area contributed by atoms with Crippen LogP contribution in [0.25, 0.3) is 0 Å². The Bertz CT molecular complexity index is 340. The Kier molecular flexibility index (Phi) is 5.63. The summed E-state index contributed by atoms with van der Waals surface area (Å²) < 4.78 is 4.05. The number of aryl methyl sites for hydroxylation is 1. The zero-order chi connectivity index (χ0) is 12.0. The molecule has 0 aliphatic heterocycles. The van der Waals surface area contributed by atoms with Gasteiger partial charge in [0.05, 0.1) is 16.6 Å². The molecule has 0 aliphatic rings. The van der Waals surface area contributed by atoms with Gasteiger partial charge in [-0.3, -0.25) is 0 Å². The number of nitrogens with one attached hydrogen (secondary N) is 1. The van der Waals surface area contributed by atoms with E-state index in [2.05, 4.69) is 48.7 Å². The highest BCUT2D eigenvalue weighted by atomic mass is 32.1. The average molecular weight is 239 g/mol. The van der Waals surface area contributed by atoms with Gasteiger partial charge in [0.15, 0.2) is 0 Å². The van der Waals surface area contributed by atoms with Crippen LogP contribution in [0.4, 0.5) is 0 Å². The van der Waals surface area contributed by atoms with Crippen LogP contribution in [0.1, 0.15) is 50.7 Å². The molecule has 1 rings (SSSR count). The van der Waals surface area contributed by atoms with Crippen molar-refractivity contribution in [3.05, 3.63) is 22.2 Å². The van der Waals surface area contributed by atoms with Gasteiger partial charge in [-0.15, -0.1) is 5.10 Å². The number of allylic oxidation sites excluding steroid dienone is 1. The van der Waals surface area contributed by atoms with Crippen molar-refractivity contribution in [1.29, 1.82) is 0 Å². The van der Waals surface area contributed by atoms with Gasteiger partial charge in [0.2, 0.25) is 0 Å². The zero-order valence-corrected chi connectivity index (χ0v) is 11.4. The summed E-state index contributed by atoms with van der Waals surface area (Å²) in [4.78, 5) is 1.26. The number of hydrogen-bond acceptors (Lipinski definition) is 4. The Morgan fingerprint density at radius 1 is 1.44 bits per heavy atom. The van der Waals surface area contributed by atoms with E-state index in [1.165, 1.54) is 22.0 Å². The van der Waals surface area contributed by atoms with E-state index in [-0.39, 0.29) is 6.04 Å². The normalized spacial score (nSPS) is 12.5. The Morgan fingerprint density at radius 2 is 2.19 bits per heavy atom. The van der Waals surface area contributed by atoms with Crippen LogP contribution in [0.2, 0.25) is 0 Å². The van der Waals surface area contributed by atoms with Crippen LogP contribution in [0.3, 0.4) is 0 Å². The van der Waals surface area contributed by atoms with Crippen LogP contribution in [0, 0.1) is 0 Å². The first-order valence-corrected chi connectivity index (χ1v) is 6.65. The van der Waals surface area contributed by atoms with Gasteiger partial charge in [-0.1, -0.05) is 30.0 Å². The van der Waals surface area contributed by atoms with Gasteiger partial charge in [0.25, 0.3) is 0 Å². The lowest BCUT2D eigenvalue weighted by molar-refractivity contribution is 0.612. The van der Waals surface area contributed by atoms with Gasteiger partial charge in [-0.25, -0.2) is 0 Å². The van der Waals surface area contributed by atoms with Gasteiger partial charge in [-0.2, -0.15) is 0 Å². The maximum absolute atomic E-state index is 4.17. The molecule has 0 bridgehead atoms. The monoisotopic (exact) mass is 239 g/mol. The molecule has 3 nitrogen and oxygen atoms in total. The topological polar surface area (TPSA) is 37.8 Å². The van der Waals surface area contributed by atoms with Crippen molar-refractivity contribution >= 4 is 11.5 Å². The maximum Gasteiger partial charge on any atom is 0.0804 e. The molecule has 1 aromatic heterocycles. The molecule has 4 heteroatoms. The summed E-state index contributed by atoms with van der Waals surface area (Å²) in [5, 5.41) is 7.70. The van der Waals surface area contributed by atoms with Crippen molar-refractivity contribution in [2.45, 2.75) is 46.6 Å². The molecular weight excluding hydrogens is 218 g/mol. The Balaban J connectivity index is 2.87. The van der Waals surface area contributed by atoms with Gasteiger partial charge in [0, 0.05) is 0 Å². The van der Waals surface area contributed by atoms with E-state index in [0.29, 0.717) is 0 Å². The van der Waals surface area contributed by atoms with Crippen molar-refractivity contribution in [1.82, 2.24) is 14.9 Å². The lowest BCUT2D eigenvalue weighted by Gasteiger charge is -2.14. The fourth-order valence-electron chi connectivity index (χ4n) is 1.56. The lowest BCUT2D eigenvalue weighted by atomic mass is 10.1. The van der Waals surface area contributed by atoms with Gasteiger partial charge in [0.1, 0.15) is 0 Å². The van der Waals surface area contributed by atoms with E-state index < -0.39 is 0 Å². The molecule has 0 spiro atoms. The van der Waals surface area contributed by atoms with Crippen molar-refractivity contribution in [3.63, 3.8) is 0 Å². The van der Waals surface area contributed by atoms with Crippen LogP contribution < -0.4 is 5.32 Å². The Labute approximate surface area is 102 Å². The summed E-state index contributed by atoms with van der Waals surface area (Å²) in [6, 6.07) is 0.278. The van der Waals surface area contributed by atoms with E-state index >= 15 is 0 Å². The summed E-state index contributed by atoms with van der Waals surface area (Å²) in [6.07, 6.45) is 4.34. The first kappa shape index (κ1) is 13.3. The Hall–Kier alpha value is -0.740. The first-order valence-electron chi connectivity index (χ1n) is 5.88. The smallest absolute Gasteiger partial charge is 0.0804 e. The van der Waals surface area contributed by atoms with Crippen LogP contribution in [-0.4, -0.2) is 16.1 Å². The minimum atomic E-state index is 0.278. The lowest BCUT2D eigenvalue weighted by Crippen LogP contribution is -2.20. The molecule has 0 amide bonds. The van der Waals surface area contributed by atoms with Crippen LogP contribution in [-0.2, 0) is 6.42 Å². The van der Waals surface area contributed by atoms with Crippen LogP contribution in [0.5, 0.6) is 0 Å². The molecule has 1 aromatic rings. The molecule has 0 radical (unpaired) electrons. The molecule has 90 valence electrons. The largest absolute Gasteiger partial charge is 0.306 e. The molecular formula is C12H21N3S. The molecule has 1 heterocycles. The van der Waals surface area contributed by atoms with E-state index in [1.54, 1.807) is 0 Å². The fraction of sp³-hybridized carbons (Fsp3) is 0.667. The highest BCUT2D eigenvalue weighted by Gasteiger charge is 2.15. The predicted molar refractivity (Wildman–Crippen MR) is 69.8 cm³/mol. The number of nitrogens with zero attached hydrogens (tertiary/aromatic N) is 2. The van der Waals surface area contributed by atoms with Crippen LogP contribution >= 0.6 is 11.5 Å². The molecule has 1 N–H and O–H groups in total. The summed E-state index contributed by atoms with van der Waals surface area (Å²) in [5.41, 5.74) is 2.44. The predicted octanol–water partition coefficient (Wildman–Crippen LogP) is 3.11. The molecule has 1 unspecified atom stereocenters. The summed E-state index contributed by atoms with van der Waals surface area (Å²) in [6.45, 7) is 9.58. The average Bonchev–Trinajstić information content (AvgIpc) is 2.71. The van der Waals surface area contributed by atoms with E-state index in [1.807, 2.05) is 0 Å². The fourth-order valence-corrected chi connectivity index (χ4v) is 2.34. The van der Waals surface area contributed by atoms with Crippen molar-refractivity contribution in [3.8, 4) is 0 Å². The van der Waals surface area contributed by atoms with Crippen molar-refractivity contribution < 1.29 is 0 Å². The minimum absolute atomic E-state index is 0.278. The molecule has 0 fully saturated rings. The summed E-state index contributed by atoms with van der Waals surface area (Å²) >= 11 is 1.51. The van der Waals surface area contributed by atoms with Crippen LogP contribution in [0.15, 0.2) is 11.6 Å².